The van der Waals surface area contributed by atoms with Gasteiger partial charge in [-0.3, -0.25) is 18.6 Å². The maximum Gasteiger partial charge on any atom is 0.472 e. The molecule has 0 radical (unpaired) electrons. The molecule has 324 valence electrons. The van der Waals surface area contributed by atoms with E-state index in [9.17, 15) is 19.0 Å². The van der Waals surface area contributed by atoms with E-state index in [1.54, 1.807) is 0 Å². The Morgan fingerprint density at radius 1 is 0.571 bits per heavy atom. The van der Waals surface area contributed by atoms with E-state index in [-0.39, 0.29) is 32.0 Å². The van der Waals surface area contributed by atoms with Crippen LogP contribution >= 0.6 is 7.82 Å². The Morgan fingerprint density at radius 3 is 1.59 bits per heavy atom. The van der Waals surface area contributed by atoms with E-state index in [1.165, 1.54) is 70.6 Å². The summed E-state index contributed by atoms with van der Waals surface area (Å²) < 4.78 is 34.2. The average molecular weight is 809 g/mol. The first-order chi connectivity index (χ1) is 27.0. The normalized spacial score (nSPS) is 14.2. The first-order valence-electron chi connectivity index (χ1n) is 22.0. The summed E-state index contributed by atoms with van der Waals surface area (Å²) in [6.45, 7) is 4.22. The van der Waals surface area contributed by atoms with Gasteiger partial charge in [-0.25, -0.2) is 4.57 Å². The number of ether oxygens (including phenoxy) is 2. The molecule has 0 rings (SSSR count). The van der Waals surface area contributed by atoms with Crippen molar-refractivity contribution in [2.24, 2.45) is 0 Å². The molecule has 0 bridgehead atoms. The Hall–Kier alpha value is -2.29. The summed E-state index contributed by atoms with van der Waals surface area (Å²) in [7, 11) is 1.43. The molecule has 0 aromatic heterocycles. The van der Waals surface area contributed by atoms with Gasteiger partial charge in [-0.15, -0.1) is 0 Å². The first kappa shape index (κ1) is 53.7. The minimum atomic E-state index is -4.39. The van der Waals surface area contributed by atoms with Crippen LogP contribution in [0.4, 0.5) is 0 Å². The van der Waals surface area contributed by atoms with Crippen LogP contribution in [0.5, 0.6) is 0 Å². The molecule has 0 aliphatic carbocycles. The van der Waals surface area contributed by atoms with Crippen molar-refractivity contribution in [3.8, 4) is 0 Å². The molecule has 0 aromatic carbocycles. The fraction of sp³-hybridized carbons (Fsp3) is 0.739. The van der Waals surface area contributed by atoms with Crippen LogP contribution in [-0.4, -0.2) is 74.9 Å². The molecule has 2 atom stereocenters. The van der Waals surface area contributed by atoms with E-state index in [0.29, 0.717) is 17.4 Å². The van der Waals surface area contributed by atoms with Gasteiger partial charge in [-0.1, -0.05) is 152 Å². The Balaban J connectivity index is 4.39. The molecule has 9 nitrogen and oxygen atoms in total. The van der Waals surface area contributed by atoms with Gasteiger partial charge < -0.3 is 18.9 Å². The van der Waals surface area contributed by atoms with Gasteiger partial charge >= 0.3 is 19.8 Å². The number of carbonyl (C=O) groups is 2. The lowest BCUT2D eigenvalue weighted by molar-refractivity contribution is -0.870. The molecule has 10 heteroatoms. The summed E-state index contributed by atoms with van der Waals surface area (Å²) in [5.74, 6) is -0.887. The van der Waals surface area contributed by atoms with E-state index in [4.69, 9.17) is 18.5 Å². The van der Waals surface area contributed by atoms with E-state index in [1.807, 2.05) is 33.3 Å². The lowest BCUT2D eigenvalue weighted by Gasteiger charge is -2.24. The first-order valence-corrected chi connectivity index (χ1v) is 23.5. The Bertz CT molecular complexity index is 1140. The second kappa shape index (κ2) is 38.2. The van der Waals surface area contributed by atoms with Crippen molar-refractivity contribution < 1.29 is 42.1 Å². The Morgan fingerprint density at radius 2 is 1.05 bits per heavy atom. The highest BCUT2D eigenvalue weighted by Gasteiger charge is 2.27. The summed E-state index contributed by atoms with van der Waals surface area (Å²) in [5, 5.41) is 0. The average Bonchev–Trinajstić information content (AvgIpc) is 3.15. The lowest BCUT2D eigenvalue weighted by Crippen LogP contribution is -2.37. The van der Waals surface area contributed by atoms with Crippen molar-refractivity contribution in [2.45, 2.75) is 174 Å². The van der Waals surface area contributed by atoms with Crippen molar-refractivity contribution in [3.63, 3.8) is 0 Å². The predicted molar refractivity (Wildman–Crippen MR) is 233 cm³/mol. The van der Waals surface area contributed by atoms with Crippen LogP contribution in [0.1, 0.15) is 168 Å². The molecular formula is C46H83NO8P+. The van der Waals surface area contributed by atoms with Crippen molar-refractivity contribution in [1.29, 1.82) is 0 Å². The quantitative estimate of drug-likeness (QED) is 0.0215. The van der Waals surface area contributed by atoms with Crippen molar-refractivity contribution in [2.75, 3.05) is 47.5 Å². The molecule has 0 saturated carbocycles. The maximum absolute atomic E-state index is 12.6. The van der Waals surface area contributed by atoms with E-state index < -0.39 is 26.5 Å². The SMILES string of the molecule is CC/C=C/C/C=C/C/C=C/CCCCCCCCCCCC(=O)OCC(COP(=O)(O)OCC[N+](C)(C)C)OC(=O)CC/C=C/C/C=C/CCCCCCCC. The number of phosphoric acid groups is 1. The number of quaternary nitrogens is 1. The van der Waals surface area contributed by atoms with Crippen LogP contribution in [0.25, 0.3) is 0 Å². The number of phosphoric ester groups is 1. The highest BCUT2D eigenvalue weighted by atomic mass is 31.2. The molecule has 0 fully saturated rings. The van der Waals surface area contributed by atoms with Crippen molar-refractivity contribution in [1.82, 2.24) is 0 Å². The molecule has 0 spiro atoms. The summed E-state index contributed by atoms with van der Waals surface area (Å²) >= 11 is 0. The lowest BCUT2D eigenvalue weighted by atomic mass is 10.1. The van der Waals surface area contributed by atoms with Crippen LogP contribution < -0.4 is 0 Å². The highest BCUT2D eigenvalue weighted by Crippen LogP contribution is 2.43. The summed E-state index contributed by atoms with van der Waals surface area (Å²) in [5.41, 5.74) is 0. The molecule has 2 unspecified atom stereocenters. The van der Waals surface area contributed by atoms with Gasteiger partial charge in [0.25, 0.3) is 0 Å². The summed E-state index contributed by atoms with van der Waals surface area (Å²) in [4.78, 5) is 35.3. The zero-order valence-corrected chi connectivity index (χ0v) is 37.2. The molecule has 0 aliphatic rings. The van der Waals surface area contributed by atoms with E-state index in [2.05, 4.69) is 62.5 Å². The van der Waals surface area contributed by atoms with Gasteiger partial charge in [-0.05, 0) is 64.2 Å². The number of rotatable bonds is 39. The van der Waals surface area contributed by atoms with Gasteiger partial charge in [-0.2, -0.15) is 0 Å². The minimum absolute atomic E-state index is 0.0194. The van der Waals surface area contributed by atoms with Gasteiger partial charge in [0.15, 0.2) is 6.10 Å². The number of likely N-dealkylation sites (N-methyl/N-ethyl adjacent to an activating group) is 1. The topological polar surface area (TPSA) is 108 Å². The molecule has 0 heterocycles. The third-order valence-corrected chi connectivity index (χ3v) is 10.0. The smallest absolute Gasteiger partial charge is 0.462 e. The standard InChI is InChI=1S/C46H82NO8P/c1-6-8-10-12-14-16-18-20-21-22-23-24-25-27-28-30-32-34-36-38-45(48)52-42-44(43-54-56(50,51)53-41-40-47(3,4)5)55-46(49)39-37-35-33-31-29-26-19-17-15-13-11-9-7-2/h8,10,14,16,20-21,26,29,33,35,44H,6-7,9,11-13,15,17-19,22-25,27-28,30-32,34,36-43H2,1-5H3/p+1/b10-8+,16-14+,21-20+,29-26+,35-33+. The molecule has 56 heavy (non-hydrogen) atoms. The Labute approximate surface area is 343 Å². The molecule has 1 N–H and O–H groups in total. The van der Waals surface area contributed by atoms with Crippen LogP contribution in [-0.2, 0) is 32.7 Å². The second-order valence-corrected chi connectivity index (χ2v) is 17.1. The fourth-order valence-corrected chi connectivity index (χ4v) is 6.35. The Kier molecular flexibility index (Phi) is 36.7. The number of unbranched alkanes of at least 4 members (excludes halogenated alkanes) is 15. The highest BCUT2D eigenvalue weighted by molar-refractivity contribution is 7.47. The van der Waals surface area contributed by atoms with Crippen LogP contribution in [0.15, 0.2) is 60.8 Å². The van der Waals surface area contributed by atoms with Gasteiger partial charge in [0, 0.05) is 12.8 Å². The second-order valence-electron chi connectivity index (χ2n) is 15.7. The number of esters is 2. The molecule has 0 aliphatic heterocycles. The number of hydrogen-bond donors (Lipinski definition) is 1. The monoisotopic (exact) mass is 809 g/mol. The molecular weight excluding hydrogens is 725 g/mol. The largest absolute Gasteiger partial charge is 0.472 e. The minimum Gasteiger partial charge on any atom is -0.462 e. The van der Waals surface area contributed by atoms with Gasteiger partial charge in [0.2, 0.25) is 0 Å². The zero-order chi connectivity index (χ0) is 41.4. The molecule has 0 aromatic rings. The third kappa shape index (κ3) is 41.3. The van der Waals surface area contributed by atoms with Crippen molar-refractivity contribution in [3.05, 3.63) is 60.8 Å². The summed E-state index contributed by atoms with van der Waals surface area (Å²) in [6, 6.07) is 0. The van der Waals surface area contributed by atoms with Crippen molar-refractivity contribution >= 4 is 19.8 Å². The third-order valence-electron chi connectivity index (χ3n) is 9.05. The number of nitrogens with zero attached hydrogens (tertiary/aromatic N) is 1. The van der Waals surface area contributed by atoms with Gasteiger partial charge in [0.05, 0.1) is 27.7 Å². The number of allylic oxidation sites excluding steroid dienone is 10. The van der Waals surface area contributed by atoms with E-state index >= 15 is 0 Å². The van der Waals surface area contributed by atoms with Crippen LogP contribution in [0.3, 0.4) is 0 Å². The maximum atomic E-state index is 12.6. The van der Waals surface area contributed by atoms with Gasteiger partial charge in [0.1, 0.15) is 19.8 Å². The number of hydrogen-bond acceptors (Lipinski definition) is 7. The number of carbonyl (C=O) groups excluding carboxylic acids is 2. The van der Waals surface area contributed by atoms with Crippen LogP contribution in [0, 0.1) is 0 Å². The zero-order valence-electron chi connectivity index (χ0n) is 36.3. The summed E-state index contributed by atoms with van der Waals surface area (Å²) in [6.07, 6.45) is 45.7. The fourth-order valence-electron chi connectivity index (χ4n) is 5.61. The molecule has 0 amide bonds. The van der Waals surface area contributed by atoms with E-state index in [0.717, 1.165) is 64.2 Å². The predicted octanol–water partition coefficient (Wildman–Crippen LogP) is 12.5. The van der Waals surface area contributed by atoms with Crippen LogP contribution in [0.2, 0.25) is 0 Å². The molecule has 0 saturated heterocycles.